The van der Waals surface area contributed by atoms with Crippen LogP contribution in [0.4, 0.5) is 5.69 Å². The average molecular weight is 524 g/mol. The minimum absolute atomic E-state index is 0.0385. The molecule has 0 N–H and O–H groups in total. The van der Waals surface area contributed by atoms with Gasteiger partial charge in [0.1, 0.15) is 6.61 Å². The van der Waals surface area contributed by atoms with Crippen molar-refractivity contribution in [2.24, 2.45) is 0 Å². The molecule has 0 saturated heterocycles. The Morgan fingerprint density at radius 3 is 2.69 bits per heavy atom. The van der Waals surface area contributed by atoms with E-state index >= 15 is 0 Å². The fraction of sp³-hybridized carbons (Fsp3) is 0.172. The second kappa shape index (κ2) is 9.02. The van der Waals surface area contributed by atoms with Crippen molar-refractivity contribution in [2.45, 2.75) is 32.1 Å². The van der Waals surface area contributed by atoms with Gasteiger partial charge in [-0.2, -0.15) is 0 Å². The van der Waals surface area contributed by atoms with Gasteiger partial charge in [0.15, 0.2) is 0 Å². The van der Waals surface area contributed by atoms with E-state index in [1.54, 1.807) is 17.6 Å². The molecule has 1 atom stereocenters. The number of nitro groups is 1. The molecule has 10 heteroatoms. The van der Waals surface area contributed by atoms with Crippen LogP contribution in [0.3, 0.4) is 0 Å². The maximum Gasteiger partial charge on any atom is 0.355 e. The molecule has 0 saturated carbocycles. The lowest BCUT2D eigenvalue weighted by Crippen LogP contribution is -2.47. The molecule has 0 unspecified atom stereocenters. The van der Waals surface area contributed by atoms with Crippen molar-refractivity contribution in [3.63, 3.8) is 0 Å². The topological polar surface area (TPSA) is 131 Å². The van der Waals surface area contributed by atoms with E-state index in [4.69, 9.17) is 14.5 Å². The van der Waals surface area contributed by atoms with Gasteiger partial charge in [-0.05, 0) is 48.4 Å². The number of benzene rings is 2. The molecule has 4 heterocycles. The smallest absolute Gasteiger partial charge is 0.355 e. The van der Waals surface area contributed by atoms with E-state index in [9.17, 15) is 24.5 Å². The molecule has 4 aromatic rings. The van der Waals surface area contributed by atoms with Gasteiger partial charge in [-0.25, -0.2) is 14.6 Å². The van der Waals surface area contributed by atoms with Crippen LogP contribution in [0.25, 0.3) is 28.4 Å². The van der Waals surface area contributed by atoms with Crippen molar-refractivity contribution >= 4 is 34.6 Å². The van der Waals surface area contributed by atoms with E-state index in [-0.39, 0.29) is 35.4 Å². The molecule has 39 heavy (non-hydrogen) atoms. The summed E-state index contributed by atoms with van der Waals surface area (Å²) in [6.45, 7) is 1.78. The first kappa shape index (κ1) is 24.2. The van der Waals surface area contributed by atoms with Crippen LogP contribution in [0.1, 0.15) is 35.6 Å². The summed E-state index contributed by atoms with van der Waals surface area (Å²) >= 11 is 0. The maximum atomic E-state index is 13.6. The Kier molecular flexibility index (Phi) is 5.60. The molecule has 2 aliphatic rings. The Morgan fingerprint density at radius 1 is 1.18 bits per heavy atom. The monoisotopic (exact) mass is 523 g/mol. The molecule has 0 spiro atoms. The number of non-ortho nitro benzene ring substituents is 1. The second-order valence-corrected chi connectivity index (χ2v) is 9.36. The molecule has 2 aromatic heterocycles. The molecule has 0 aliphatic carbocycles. The van der Waals surface area contributed by atoms with Crippen LogP contribution in [-0.4, -0.2) is 26.4 Å². The SMILES string of the molecule is CC[C@@]1(OC(=O)/C=C/c2ccc([N+](=O)[O-])cc2)C(=O)OCc2c1cc1n(c2=O)Cc2cc3ccccc3nc2-1. The van der Waals surface area contributed by atoms with Gasteiger partial charge in [0.05, 0.1) is 33.9 Å². The molecule has 6 rings (SSSR count). The van der Waals surface area contributed by atoms with Crippen LogP contribution < -0.4 is 5.56 Å². The number of cyclic esters (lactones) is 1. The van der Waals surface area contributed by atoms with E-state index < -0.39 is 22.5 Å². The molecular weight excluding hydrogens is 502 g/mol. The lowest BCUT2D eigenvalue weighted by atomic mass is 9.85. The number of para-hydroxylation sites is 1. The standard InChI is InChI=1S/C29H21N3O7/c1-2-29(39-25(33)12-9-17-7-10-20(11-8-17)32(36)37)22-14-24-26-19(13-18-5-3-4-6-23(18)30-26)15-31(24)27(34)21(22)16-38-28(29)35/h3-14H,2,15-16H2,1H3/b12-9+/t29-/m0/s1. The van der Waals surface area contributed by atoms with Crippen molar-refractivity contribution in [3.8, 4) is 11.4 Å². The van der Waals surface area contributed by atoms with Gasteiger partial charge in [0.25, 0.3) is 11.2 Å². The summed E-state index contributed by atoms with van der Waals surface area (Å²) in [7, 11) is 0. The quantitative estimate of drug-likeness (QED) is 0.145. The molecule has 0 fully saturated rings. The first-order chi connectivity index (χ1) is 18.8. The molecule has 10 nitrogen and oxygen atoms in total. The predicted molar refractivity (Wildman–Crippen MR) is 141 cm³/mol. The predicted octanol–water partition coefficient (Wildman–Crippen LogP) is 4.25. The van der Waals surface area contributed by atoms with Crippen molar-refractivity contribution in [1.82, 2.24) is 9.55 Å². The third-order valence-corrected chi connectivity index (χ3v) is 7.18. The summed E-state index contributed by atoms with van der Waals surface area (Å²) in [5.74, 6) is -1.59. The number of fused-ring (bicyclic) bond motifs is 5. The van der Waals surface area contributed by atoms with E-state index in [0.29, 0.717) is 23.5 Å². The van der Waals surface area contributed by atoms with Crippen LogP contribution in [0.15, 0.2) is 71.5 Å². The highest BCUT2D eigenvalue weighted by Gasteiger charge is 2.50. The number of aromatic nitrogens is 2. The Hall–Kier alpha value is -5.12. The number of nitrogens with zero attached hydrogens (tertiary/aromatic N) is 3. The zero-order valence-electron chi connectivity index (χ0n) is 20.7. The van der Waals surface area contributed by atoms with E-state index in [0.717, 1.165) is 22.5 Å². The summed E-state index contributed by atoms with van der Waals surface area (Å²) in [5.41, 5.74) is 1.69. The van der Waals surface area contributed by atoms with Crippen LogP contribution in [-0.2, 0) is 37.8 Å². The number of hydrogen-bond donors (Lipinski definition) is 0. The molecule has 2 aromatic carbocycles. The third kappa shape index (κ3) is 3.88. The zero-order chi connectivity index (χ0) is 27.3. The number of ether oxygens (including phenoxy) is 2. The Morgan fingerprint density at radius 2 is 1.95 bits per heavy atom. The molecular formula is C29H21N3O7. The summed E-state index contributed by atoms with van der Waals surface area (Å²) < 4.78 is 12.7. The van der Waals surface area contributed by atoms with Gasteiger partial charge < -0.3 is 14.0 Å². The molecule has 2 aliphatic heterocycles. The number of hydrogen-bond acceptors (Lipinski definition) is 8. The highest BCUT2D eigenvalue weighted by atomic mass is 16.6. The summed E-state index contributed by atoms with van der Waals surface area (Å²) in [6.07, 6.45) is 2.59. The van der Waals surface area contributed by atoms with Gasteiger partial charge in [0.2, 0.25) is 5.60 Å². The zero-order valence-corrected chi connectivity index (χ0v) is 20.7. The Labute approximate surface area is 221 Å². The van der Waals surface area contributed by atoms with E-state index in [1.807, 2.05) is 30.3 Å². The number of nitro benzene ring substituents is 1. The first-order valence-corrected chi connectivity index (χ1v) is 12.3. The molecule has 194 valence electrons. The van der Waals surface area contributed by atoms with Crippen molar-refractivity contribution in [3.05, 3.63) is 109 Å². The maximum absolute atomic E-state index is 13.6. The number of pyridine rings is 2. The van der Waals surface area contributed by atoms with Gasteiger partial charge in [-0.15, -0.1) is 0 Å². The summed E-state index contributed by atoms with van der Waals surface area (Å²) in [6, 6.07) is 17.0. The summed E-state index contributed by atoms with van der Waals surface area (Å²) in [5, 5.41) is 11.8. The average Bonchev–Trinajstić information content (AvgIpc) is 3.30. The van der Waals surface area contributed by atoms with E-state index in [2.05, 4.69) is 0 Å². The first-order valence-electron chi connectivity index (χ1n) is 12.3. The minimum Gasteiger partial charge on any atom is -0.457 e. The van der Waals surface area contributed by atoms with Crippen LogP contribution in [0.2, 0.25) is 0 Å². The number of carbonyl (C=O) groups excluding carboxylic acids is 2. The highest BCUT2D eigenvalue weighted by molar-refractivity contribution is 5.92. The Balaban J connectivity index is 1.39. The van der Waals surface area contributed by atoms with E-state index in [1.165, 1.54) is 30.3 Å². The normalized spacial score (nSPS) is 17.4. The highest BCUT2D eigenvalue weighted by Crippen LogP contribution is 2.41. The number of esters is 2. The number of rotatable bonds is 5. The molecule has 0 amide bonds. The van der Waals surface area contributed by atoms with Crippen LogP contribution in [0.5, 0.6) is 0 Å². The largest absolute Gasteiger partial charge is 0.457 e. The van der Waals surface area contributed by atoms with Gasteiger partial charge in [-0.3, -0.25) is 14.9 Å². The second-order valence-electron chi connectivity index (χ2n) is 9.36. The molecule has 0 radical (unpaired) electrons. The molecule has 0 bridgehead atoms. The minimum atomic E-state index is -1.82. The van der Waals surface area contributed by atoms with Crippen molar-refractivity contribution < 1.29 is 24.0 Å². The van der Waals surface area contributed by atoms with Gasteiger partial charge in [-0.1, -0.05) is 25.1 Å². The lowest BCUT2D eigenvalue weighted by molar-refractivity contribution is -0.384. The van der Waals surface area contributed by atoms with Crippen LogP contribution >= 0.6 is 0 Å². The van der Waals surface area contributed by atoms with Crippen molar-refractivity contribution in [1.29, 1.82) is 0 Å². The summed E-state index contributed by atoms with van der Waals surface area (Å²) in [4.78, 5) is 54.8. The van der Waals surface area contributed by atoms with Crippen molar-refractivity contribution in [2.75, 3.05) is 0 Å². The van der Waals surface area contributed by atoms with Gasteiger partial charge in [0, 0.05) is 34.7 Å². The fourth-order valence-electron chi connectivity index (χ4n) is 5.16. The van der Waals surface area contributed by atoms with Gasteiger partial charge >= 0.3 is 11.9 Å². The third-order valence-electron chi connectivity index (χ3n) is 7.18. The number of carbonyl (C=O) groups is 2. The Bertz CT molecular complexity index is 1790. The van der Waals surface area contributed by atoms with Crippen LogP contribution in [0, 0.1) is 10.1 Å². The fourth-order valence-corrected chi connectivity index (χ4v) is 5.16. The lowest BCUT2D eigenvalue weighted by Gasteiger charge is -2.35.